The number of ether oxygens (including phenoxy) is 1. The number of rotatable bonds is 3. The first-order chi connectivity index (χ1) is 7.84. The molecule has 1 aromatic rings. The highest BCUT2D eigenvalue weighted by molar-refractivity contribution is 5.90. The van der Waals surface area contributed by atoms with Crippen LogP contribution >= 0.6 is 0 Å². The lowest BCUT2D eigenvalue weighted by molar-refractivity contribution is -0.113. The first kappa shape index (κ1) is 13.3. The van der Waals surface area contributed by atoms with Crippen molar-refractivity contribution >= 4 is 12.0 Å². The fraction of sp³-hybridized carbons (Fsp3) is 0.357. The molecule has 0 spiro atoms. The van der Waals surface area contributed by atoms with Gasteiger partial charge in [-0.2, -0.15) is 0 Å². The molecule has 0 radical (unpaired) electrons. The molecule has 0 fully saturated rings. The molecule has 1 amide bonds. The molecule has 0 aliphatic carbocycles. The van der Waals surface area contributed by atoms with Crippen LogP contribution in [0.25, 0.3) is 6.08 Å². The molecule has 0 saturated carbocycles. The van der Waals surface area contributed by atoms with Gasteiger partial charge >= 0.3 is 0 Å². The van der Waals surface area contributed by atoms with E-state index in [1.165, 1.54) is 11.6 Å². The van der Waals surface area contributed by atoms with E-state index in [1.807, 2.05) is 18.2 Å². The summed E-state index contributed by atoms with van der Waals surface area (Å²) in [4.78, 5) is 10.7. The van der Waals surface area contributed by atoms with Gasteiger partial charge in [-0.25, -0.2) is 0 Å². The molecule has 92 valence electrons. The van der Waals surface area contributed by atoms with Crippen molar-refractivity contribution in [2.75, 3.05) is 7.11 Å². The van der Waals surface area contributed by atoms with E-state index in [0.29, 0.717) is 0 Å². The van der Waals surface area contributed by atoms with Crippen LogP contribution in [0.2, 0.25) is 0 Å². The first-order valence-corrected chi connectivity index (χ1v) is 5.50. The average Bonchev–Trinajstić information content (AvgIpc) is 2.24. The summed E-state index contributed by atoms with van der Waals surface area (Å²) in [5.74, 6) is 0.267. The standard InChI is InChI=1S/C14H19NO2/c1-14(2,3)11-6-7-12(17-4)10(9-11)5-8-13(15)16/h5-9H,1-4H3,(H2,15,16)/b8-5-. The SMILES string of the molecule is COc1ccc(C(C)(C)C)cc1/C=C\C(N)=O. The van der Waals surface area contributed by atoms with E-state index < -0.39 is 5.91 Å². The molecule has 3 nitrogen and oxygen atoms in total. The molecule has 3 heteroatoms. The van der Waals surface area contributed by atoms with Gasteiger partial charge in [-0.05, 0) is 29.2 Å². The number of methoxy groups -OCH3 is 1. The molecule has 0 aromatic heterocycles. The average molecular weight is 233 g/mol. The molecule has 1 aromatic carbocycles. The van der Waals surface area contributed by atoms with Crippen molar-refractivity contribution in [1.29, 1.82) is 0 Å². The minimum Gasteiger partial charge on any atom is -0.496 e. The van der Waals surface area contributed by atoms with E-state index in [1.54, 1.807) is 13.2 Å². The van der Waals surface area contributed by atoms with Crippen molar-refractivity contribution in [3.8, 4) is 5.75 Å². The Morgan fingerprint density at radius 3 is 2.47 bits per heavy atom. The topological polar surface area (TPSA) is 52.3 Å². The molecule has 0 aliphatic heterocycles. The van der Waals surface area contributed by atoms with Crippen molar-refractivity contribution in [2.24, 2.45) is 5.73 Å². The Bertz CT molecular complexity index is 442. The summed E-state index contributed by atoms with van der Waals surface area (Å²) in [6, 6.07) is 5.94. The van der Waals surface area contributed by atoms with Crippen LogP contribution in [0.15, 0.2) is 24.3 Å². The number of carbonyl (C=O) groups is 1. The van der Waals surface area contributed by atoms with Crippen LogP contribution in [0.4, 0.5) is 0 Å². The highest BCUT2D eigenvalue weighted by Crippen LogP contribution is 2.28. The smallest absolute Gasteiger partial charge is 0.241 e. The molecule has 0 aliphatic rings. The van der Waals surface area contributed by atoms with Crippen LogP contribution in [-0.2, 0) is 10.2 Å². The normalized spacial score (nSPS) is 11.8. The summed E-state index contributed by atoms with van der Waals surface area (Å²) in [6.07, 6.45) is 3.01. The number of benzene rings is 1. The third-order valence-electron chi connectivity index (χ3n) is 2.52. The molecule has 0 atom stereocenters. The predicted molar refractivity (Wildman–Crippen MR) is 69.9 cm³/mol. The van der Waals surface area contributed by atoms with Gasteiger partial charge in [0, 0.05) is 11.6 Å². The summed E-state index contributed by atoms with van der Waals surface area (Å²) in [5, 5.41) is 0. The number of amides is 1. The Kier molecular flexibility index (Phi) is 3.94. The molecular formula is C14H19NO2. The van der Waals surface area contributed by atoms with Crippen LogP contribution in [0, 0.1) is 0 Å². The van der Waals surface area contributed by atoms with Gasteiger partial charge in [0.05, 0.1) is 7.11 Å². The third kappa shape index (κ3) is 3.63. The first-order valence-electron chi connectivity index (χ1n) is 5.50. The van der Waals surface area contributed by atoms with Gasteiger partial charge in [0.25, 0.3) is 0 Å². The number of nitrogens with two attached hydrogens (primary N) is 1. The molecule has 0 bridgehead atoms. The lowest BCUT2D eigenvalue weighted by Gasteiger charge is -2.20. The van der Waals surface area contributed by atoms with Gasteiger partial charge in [0.2, 0.25) is 5.91 Å². The Morgan fingerprint density at radius 1 is 1.35 bits per heavy atom. The molecule has 0 heterocycles. The monoisotopic (exact) mass is 233 g/mol. The van der Waals surface area contributed by atoms with Gasteiger partial charge in [-0.1, -0.05) is 26.8 Å². The molecule has 17 heavy (non-hydrogen) atoms. The van der Waals surface area contributed by atoms with Gasteiger partial charge in [-0.15, -0.1) is 0 Å². The second kappa shape index (κ2) is 5.04. The maximum absolute atomic E-state index is 10.7. The highest BCUT2D eigenvalue weighted by atomic mass is 16.5. The molecular weight excluding hydrogens is 214 g/mol. The fourth-order valence-electron chi connectivity index (χ4n) is 1.50. The van der Waals surface area contributed by atoms with Crippen LogP contribution in [0.5, 0.6) is 5.75 Å². The summed E-state index contributed by atoms with van der Waals surface area (Å²) < 4.78 is 5.24. The van der Waals surface area contributed by atoms with Gasteiger partial charge < -0.3 is 10.5 Å². The van der Waals surface area contributed by atoms with E-state index in [-0.39, 0.29) is 5.41 Å². The zero-order valence-corrected chi connectivity index (χ0v) is 10.8. The van der Waals surface area contributed by atoms with Crippen molar-refractivity contribution in [2.45, 2.75) is 26.2 Å². The van der Waals surface area contributed by atoms with Crippen molar-refractivity contribution in [1.82, 2.24) is 0 Å². The second-order valence-corrected chi connectivity index (χ2v) is 4.94. The Hall–Kier alpha value is -1.77. The minimum atomic E-state index is -0.465. The molecule has 2 N–H and O–H groups in total. The predicted octanol–water partition coefficient (Wildman–Crippen LogP) is 2.49. The maximum atomic E-state index is 10.7. The number of primary amides is 1. The van der Waals surface area contributed by atoms with Crippen LogP contribution in [-0.4, -0.2) is 13.0 Å². The van der Waals surface area contributed by atoms with Crippen molar-refractivity contribution in [3.05, 3.63) is 35.4 Å². The Labute approximate surface area is 102 Å². The van der Waals surface area contributed by atoms with E-state index in [2.05, 4.69) is 20.8 Å². The Balaban J connectivity index is 3.20. The summed E-state index contributed by atoms with van der Waals surface area (Å²) in [6.45, 7) is 6.41. The zero-order chi connectivity index (χ0) is 13.1. The van der Waals surface area contributed by atoms with Crippen molar-refractivity contribution in [3.63, 3.8) is 0 Å². The van der Waals surface area contributed by atoms with E-state index in [0.717, 1.165) is 11.3 Å². The quantitative estimate of drug-likeness (QED) is 0.815. The third-order valence-corrected chi connectivity index (χ3v) is 2.52. The lowest BCUT2D eigenvalue weighted by Crippen LogP contribution is -2.11. The Morgan fingerprint density at radius 2 is 2.00 bits per heavy atom. The highest BCUT2D eigenvalue weighted by Gasteiger charge is 2.14. The molecule has 1 rings (SSSR count). The van der Waals surface area contributed by atoms with Gasteiger partial charge in [0.15, 0.2) is 0 Å². The second-order valence-electron chi connectivity index (χ2n) is 4.94. The van der Waals surface area contributed by atoms with Gasteiger partial charge in [0.1, 0.15) is 5.75 Å². The molecule has 0 saturated heterocycles. The van der Waals surface area contributed by atoms with Crippen LogP contribution in [0.1, 0.15) is 31.9 Å². The van der Waals surface area contributed by atoms with Crippen LogP contribution < -0.4 is 10.5 Å². The lowest BCUT2D eigenvalue weighted by atomic mass is 9.86. The van der Waals surface area contributed by atoms with Gasteiger partial charge in [-0.3, -0.25) is 4.79 Å². The van der Waals surface area contributed by atoms with E-state index >= 15 is 0 Å². The number of hydrogen-bond donors (Lipinski definition) is 1. The maximum Gasteiger partial charge on any atom is 0.241 e. The fourth-order valence-corrected chi connectivity index (χ4v) is 1.50. The van der Waals surface area contributed by atoms with Crippen molar-refractivity contribution < 1.29 is 9.53 Å². The van der Waals surface area contributed by atoms with E-state index in [4.69, 9.17) is 10.5 Å². The zero-order valence-electron chi connectivity index (χ0n) is 10.8. The largest absolute Gasteiger partial charge is 0.496 e. The summed E-state index contributed by atoms with van der Waals surface area (Å²) >= 11 is 0. The molecule has 0 unspecified atom stereocenters. The minimum absolute atomic E-state index is 0.0571. The summed E-state index contributed by atoms with van der Waals surface area (Å²) in [7, 11) is 1.60. The number of hydrogen-bond acceptors (Lipinski definition) is 2. The summed E-state index contributed by atoms with van der Waals surface area (Å²) in [5.41, 5.74) is 7.19. The van der Waals surface area contributed by atoms with Crippen LogP contribution in [0.3, 0.4) is 0 Å². The number of carbonyl (C=O) groups excluding carboxylic acids is 1. The van der Waals surface area contributed by atoms with E-state index in [9.17, 15) is 4.79 Å².